The van der Waals surface area contributed by atoms with Gasteiger partial charge in [-0.15, -0.1) is 0 Å². The molecule has 2 aromatic heterocycles. The molecule has 2 aromatic carbocycles. The van der Waals surface area contributed by atoms with Gasteiger partial charge in [0.15, 0.2) is 11.5 Å². The van der Waals surface area contributed by atoms with E-state index in [1.807, 2.05) is 59.4 Å². The van der Waals surface area contributed by atoms with E-state index < -0.39 is 5.91 Å². The van der Waals surface area contributed by atoms with Gasteiger partial charge in [0.2, 0.25) is 5.91 Å². The van der Waals surface area contributed by atoms with Crippen molar-refractivity contribution in [3.05, 3.63) is 95.4 Å². The summed E-state index contributed by atoms with van der Waals surface area (Å²) in [5.74, 6) is -0.215. The molecule has 0 aliphatic heterocycles. The lowest BCUT2D eigenvalue weighted by Gasteiger charge is -2.24. The van der Waals surface area contributed by atoms with E-state index in [1.54, 1.807) is 6.07 Å². The van der Waals surface area contributed by atoms with Gasteiger partial charge in [0, 0.05) is 22.9 Å². The highest BCUT2D eigenvalue weighted by atomic mass is 16.5. The highest BCUT2D eigenvalue weighted by Gasteiger charge is 2.26. The Balaban J connectivity index is 1.18. The summed E-state index contributed by atoms with van der Waals surface area (Å²) < 4.78 is 7.28. The van der Waals surface area contributed by atoms with E-state index >= 15 is 0 Å². The van der Waals surface area contributed by atoms with E-state index in [1.165, 1.54) is 5.56 Å². The van der Waals surface area contributed by atoms with Crippen LogP contribution in [0.3, 0.4) is 0 Å². The quantitative estimate of drug-likeness (QED) is 0.444. The van der Waals surface area contributed by atoms with Gasteiger partial charge >= 0.3 is 0 Å². The van der Waals surface area contributed by atoms with Crippen LogP contribution in [-0.4, -0.2) is 33.3 Å². The van der Waals surface area contributed by atoms with Crippen molar-refractivity contribution in [3.8, 4) is 11.3 Å². The zero-order valence-corrected chi connectivity index (χ0v) is 18.6. The van der Waals surface area contributed by atoms with Crippen molar-refractivity contribution in [1.82, 2.24) is 25.6 Å². The summed E-state index contributed by atoms with van der Waals surface area (Å²) in [7, 11) is 0. The molecular weight excluding hydrogens is 430 g/mol. The average molecular weight is 456 g/mol. The summed E-state index contributed by atoms with van der Waals surface area (Å²) in [6.07, 6.45) is 4.59. The van der Waals surface area contributed by atoms with E-state index in [4.69, 9.17) is 4.52 Å². The first-order chi connectivity index (χ1) is 16.7. The number of rotatable bonds is 7. The first-order valence-electron chi connectivity index (χ1n) is 11.4. The highest BCUT2D eigenvalue weighted by molar-refractivity contribution is 5.95. The zero-order valence-electron chi connectivity index (χ0n) is 18.6. The second kappa shape index (κ2) is 9.74. The number of carbonyl (C=O) groups is 2. The molecule has 5 rings (SSSR count). The molecule has 8 nitrogen and oxygen atoms in total. The molecule has 2 amide bonds. The van der Waals surface area contributed by atoms with Crippen LogP contribution in [0.1, 0.15) is 46.2 Å². The van der Waals surface area contributed by atoms with Crippen LogP contribution in [-0.2, 0) is 17.8 Å². The summed E-state index contributed by atoms with van der Waals surface area (Å²) >= 11 is 0. The van der Waals surface area contributed by atoms with Crippen LogP contribution in [0, 0.1) is 0 Å². The molecule has 0 spiro atoms. The summed E-state index contributed by atoms with van der Waals surface area (Å²) in [6, 6.07) is 21.0. The van der Waals surface area contributed by atoms with Gasteiger partial charge in [0.1, 0.15) is 0 Å². The van der Waals surface area contributed by atoms with Crippen molar-refractivity contribution in [2.45, 2.75) is 31.8 Å². The molecule has 172 valence electrons. The molecule has 34 heavy (non-hydrogen) atoms. The Labute approximate surface area is 197 Å². The Morgan fingerprint density at radius 1 is 1.06 bits per heavy atom. The molecule has 0 bridgehead atoms. The second-order valence-corrected chi connectivity index (χ2v) is 8.33. The first kappa shape index (κ1) is 21.6. The van der Waals surface area contributed by atoms with Crippen molar-refractivity contribution >= 4 is 11.8 Å². The molecular formula is C26H25N5O3. The van der Waals surface area contributed by atoms with Crippen LogP contribution in [0.2, 0.25) is 0 Å². The Bertz CT molecular complexity index is 1280. The number of nitrogens with zero attached hydrogens (tertiary/aromatic N) is 3. The van der Waals surface area contributed by atoms with E-state index in [-0.39, 0.29) is 24.2 Å². The van der Waals surface area contributed by atoms with Gasteiger partial charge in [-0.3, -0.25) is 14.3 Å². The Morgan fingerprint density at radius 3 is 2.62 bits per heavy atom. The minimum atomic E-state index is -0.457. The normalized spacial score (nSPS) is 14.9. The van der Waals surface area contributed by atoms with E-state index in [0.717, 1.165) is 36.1 Å². The minimum absolute atomic E-state index is 0.116. The number of hydrogen-bond acceptors (Lipinski definition) is 5. The molecule has 0 unspecified atom stereocenters. The van der Waals surface area contributed by atoms with Crippen LogP contribution >= 0.6 is 0 Å². The van der Waals surface area contributed by atoms with Crippen LogP contribution < -0.4 is 10.6 Å². The fourth-order valence-corrected chi connectivity index (χ4v) is 4.28. The van der Waals surface area contributed by atoms with Crippen molar-refractivity contribution in [2.24, 2.45) is 0 Å². The number of aromatic nitrogens is 3. The summed E-state index contributed by atoms with van der Waals surface area (Å²) in [6.45, 7) is 0.561. The van der Waals surface area contributed by atoms with Crippen molar-refractivity contribution in [3.63, 3.8) is 0 Å². The predicted octanol–water partition coefficient (Wildman–Crippen LogP) is 3.51. The van der Waals surface area contributed by atoms with Crippen LogP contribution in [0.4, 0.5) is 0 Å². The monoisotopic (exact) mass is 455 g/mol. The number of fused-ring (bicyclic) bond motifs is 1. The van der Waals surface area contributed by atoms with Crippen LogP contribution in [0.15, 0.2) is 77.4 Å². The largest absolute Gasteiger partial charge is 0.355 e. The molecule has 0 saturated carbocycles. The van der Waals surface area contributed by atoms with Gasteiger partial charge in [0.25, 0.3) is 5.91 Å². The topological polar surface area (TPSA) is 102 Å². The lowest BCUT2D eigenvalue weighted by atomic mass is 9.93. The van der Waals surface area contributed by atoms with Gasteiger partial charge in [0.05, 0.1) is 25.3 Å². The Kier molecular flexibility index (Phi) is 6.20. The Hall–Kier alpha value is -4.20. The van der Waals surface area contributed by atoms with Crippen molar-refractivity contribution < 1.29 is 14.1 Å². The predicted molar refractivity (Wildman–Crippen MR) is 126 cm³/mol. The van der Waals surface area contributed by atoms with Crippen LogP contribution in [0.5, 0.6) is 0 Å². The number of amides is 2. The smallest absolute Gasteiger partial charge is 0.273 e. The lowest BCUT2D eigenvalue weighted by Crippen LogP contribution is -2.39. The molecule has 1 aliphatic carbocycles. The molecule has 1 atom stereocenters. The summed E-state index contributed by atoms with van der Waals surface area (Å²) in [4.78, 5) is 25.0. The number of nitrogens with one attached hydrogen (secondary N) is 2. The molecule has 2 heterocycles. The minimum Gasteiger partial charge on any atom is -0.355 e. The SMILES string of the molecule is O=C(CNC(=O)c1cc(-c2ccccc2)on1)N[C@H]1CCCc2c1cnn2Cc1ccccc1. The molecule has 0 saturated heterocycles. The third-order valence-corrected chi connectivity index (χ3v) is 5.98. The van der Waals surface area contributed by atoms with Gasteiger partial charge in [-0.2, -0.15) is 5.10 Å². The number of carbonyl (C=O) groups excluding carboxylic acids is 2. The average Bonchev–Trinajstić information content (AvgIpc) is 3.53. The van der Waals surface area contributed by atoms with Gasteiger partial charge in [-0.05, 0) is 24.8 Å². The molecule has 1 aliphatic rings. The third kappa shape index (κ3) is 4.76. The van der Waals surface area contributed by atoms with Crippen LogP contribution in [0.25, 0.3) is 11.3 Å². The highest BCUT2D eigenvalue weighted by Crippen LogP contribution is 2.30. The van der Waals surface area contributed by atoms with Gasteiger partial charge in [-0.25, -0.2) is 0 Å². The van der Waals surface area contributed by atoms with Gasteiger partial charge < -0.3 is 15.2 Å². The van der Waals surface area contributed by atoms with Crippen molar-refractivity contribution in [2.75, 3.05) is 6.54 Å². The maximum absolute atomic E-state index is 12.6. The zero-order chi connectivity index (χ0) is 23.3. The fraction of sp³-hybridized carbons (Fsp3) is 0.231. The van der Waals surface area contributed by atoms with E-state index in [2.05, 4.69) is 33.0 Å². The first-order valence-corrected chi connectivity index (χ1v) is 11.4. The molecule has 8 heteroatoms. The molecule has 4 aromatic rings. The number of hydrogen-bond donors (Lipinski definition) is 2. The van der Waals surface area contributed by atoms with E-state index in [9.17, 15) is 9.59 Å². The van der Waals surface area contributed by atoms with E-state index in [0.29, 0.717) is 12.3 Å². The third-order valence-electron chi connectivity index (χ3n) is 5.98. The summed E-state index contributed by atoms with van der Waals surface area (Å²) in [5, 5.41) is 14.1. The number of benzene rings is 2. The maximum atomic E-state index is 12.6. The lowest BCUT2D eigenvalue weighted by molar-refractivity contribution is -0.121. The van der Waals surface area contributed by atoms with Gasteiger partial charge in [-0.1, -0.05) is 65.8 Å². The molecule has 0 fully saturated rings. The fourth-order valence-electron chi connectivity index (χ4n) is 4.28. The Morgan fingerprint density at radius 2 is 1.82 bits per heavy atom. The standard InChI is InChI=1S/C26H25N5O3/c32-25(16-27-26(33)22-14-24(34-30-22)19-10-5-2-6-11-19)29-21-12-7-13-23-20(21)15-28-31(23)17-18-8-3-1-4-9-18/h1-6,8-11,14-15,21H,7,12-13,16-17H2,(H,27,33)(H,29,32)/t21-/m0/s1. The second-order valence-electron chi connectivity index (χ2n) is 8.33. The molecule has 2 N–H and O–H groups in total. The summed E-state index contributed by atoms with van der Waals surface area (Å²) in [5.41, 5.74) is 4.35. The molecule has 0 radical (unpaired) electrons. The maximum Gasteiger partial charge on any atom is 0.273 e. The van der Waals surface area contributed by atoms with Crippen molar-refractivity contribution in [1.29, 1.82) is 0 Å².